The minimum absolute atomic E-state index is 0.309. The maximum Gasteiger partial charge on any atom is 0.212 e. The van der Waals surface area contributed by atoms with Crippen molar-refractivity contribution in [2.75, 3.05) is 0 Å². The second kappa shape index (κ2) is 8.83. The van der Waals surface area contributed by atoms with Gasteiger partial charge in [0.1, 0.15) is 19.5 Å². The highest BCUT2D eigenvalue weighted by Gasteiger charge is 2.41. The maximum atomic E-state index is 2.39. The highest BCUT2D eigenvalue weighted by atomic mass is 14.9. The summed E-state index contributed by atoms with van der Waals surface area (Å²) in [5, 5.41) is 0. The van der Waals surface area contributed by atoms with Crippen molar-refractivity contribution in [1.29, 1.82) is 0 Å². The zero-order chi connectivity index (χ0) is 24.8. The molecule has 0 N–H and O–H groups in total. The Bertz CT molecular complexity index is 1400. The van der Waals surface area contributed by atoms with Gasteiger partial charge in [-0.1, -0.05) is 36.4 Å². The molecular formula is C32H38N2+2. The lowest BCUT2D eigenvalue weighted by Crippen LogP contribution is -2.44. The van der Waals surface area contributed by atoms with Gasteiger partial charge in [-0.2, -0.15) is 0 Å². The fourth-order valence-corrected chi connectivity index (χ4v) is 5.54. The molecule has 4 aromatic rings. The lowest BCUT2D eigenvalue weighted by molar-refractivity contribution is -0.682. The van der Waals surface area contributed by atoms with Crippen LogP contribution in [0.25, 0.3) is 11.3 Å². The minimum atomic E-state index is -0.309. The summed E-state index contributed by atoms with van der Waals surface area (Å²) in [7, 11) is 4.33. The number of aromatic nitrogens is 2. The van der Waals surface area contributed by atoms with Crippen molar-refractivity contribution in [1.82, 2.24) is 0 Å². The van der Waals surface area contributed by atoms with E-state index in [1.165, 1.54) is 61.5 Å². The highest BCUT2D eigenvalue weighted by molar-refractivity contribution is 5.66. The third kappa shape index (κ3) is 3.86. The minimum Gasteiger partial charge on any atom is -0.204 e. The van der Waals surface area contributed by atoms with Crippen LogP contribution in [0.5, 0.6) is 0 Å². The zero-order valence-electron chi connectivity index (χ0n) is 22.2. The van der Waals surface area contributed by atoms with Gasteiger partial charge in [0, 0.05) is 28.8 Å². The molecule has 2 aromatic carbocycles. The Balaban J connectivity index is 2.08. The Morgan fingerprint density at radius 2 is 1.18 bits per heavy atom. The van der Waals surface area contributed by atoms with Crippen molar-refractivity contribution >= 4 is 0 Å². The number of hydrogen-bond donors (Lipinski definition) is 0. The highest BCUT2D eigenvalue weighted by Crippen LogP contribution is 2.42. The van der Waals surface area contributed by atoms with Gasteiger partial charge >= 0.3 is 0 Å². The van der Waals surface area contributed by atoms with Crippen LogP contribution < -0.4 is 9.13 Å². The summed E-state index contributed by atoms with van der Waals surface area (Å²) in [5.41, 5.74) is 14.1. The van der Waals surface area contributed by atoms with E-state index in [2.05, 4.69) is 139 Å². The summed E-state index contributed by atoms with van der Waals surface area (Å²) < 4.78 is 4.58. The predicted molar refractivity (Wildman–Crippen MR) is 141 cm³/mol. The molecule has 2 aromatic heterocycles. The van der Waals surface area contributed by atoms with E-state index in [1.54, 1.807) is 0 Å². The van der Waals surface area contributed by atoms with Crippen molar-refractivity contribution in [2.45, 2.75) is 53.9 Å². The predicted octanol–water partition coefficient (Wildman–Crippen LogP) is 6.21. The van der Waals surface area contributed by atoms with Gasteiger partial charge in [0.15, 0.2) is 18.1 Å². The maximum absolute atomic E-state index is 2.39. The zero-order valence-corrected chi connectivity index (χ0v) is 22.2. The molecule has 0 radical (unpaired) electrons. The van der Waals surface area contributed by atoms with Crippen LogP contribution in [0.4, 0.5) is 0 Å². The molecule has 174 valence electrons. The summed E-state index contributed by atoms with van der Waals surface area (Å²) in [6.45, 7) is 15.7. The van der Waals surface area contributed by atoms with Crippen LogP contribution in [-0.2, 0) is 19.5 Å². The molecule has 0 aliphatic heterocycles. The topological polar surface area (TPSA) is 7.76 Å². The van der Waals surface area contributed by atoms with Gasteiger partial charge in [0.05, 0.1) is 0 Å². The first-order chi connectivity index (χ1) is 16.1. The van der Waals surface area contributed by atoms with E-state index in [1.807, 2.05) is 0 Å². The molecule has 2 heteroatoms. The number of pyridine rings is 2. The lowest BCUT2D eigenvalue weighted by atomic mass is 9.69. The Labute approximate surface area is 205 Å². The average molecular weight is 451 g/mol. The summed E-state index contributed by atoms with van der Waals surface area (Å²) in [4.78, 5) is 0. The molecule has 1 unspecified atom stereocenters. The van der Waals surface area contributed by atoms with E-state index in [0.29, 0.717) is 0 Å². The van der Waals surface area contributed by atoms with E-state index >= 15 is 0 Å². The normalized spacial score (nSPS) is 13.1. The van der Waals surface area contributed by atoms with Crippen molar-refractivity contribution in [3.8, 4) is 11.3 Å². The van der Waals surface area contributed by atoms with E-state index < -0.39 is 0 Å². The molecule has 1 atom stereocenters. The third-order valence-electron chi connectivity index (χ3n) is 7.83. The number of hydrogen-bond acceptors (Lipinski definition) is 0. The lowest BCUT2D eigenvalue weighted by Gasteiger charge is -2.32. The Morgan fingerprint density at radius 1 is 0.588 bits per heavy atom. The van der Waals surface area contributed by atoms with Crippen LogP contribution in [0.1, 0.15) is 57.1 Å². The fraction of sp³-hybridized carbons (Fsp3) is 0.312. The van der Waals surface area contributed by atoms with Crippen molar-refractivity contribution < 1.29 is 9.13 Å². The molecule has 34 heavy (non-hydrogen) atoms. The molecule has 0 aliphatic rings. The SMILES string of the molecule is Cc1cc(-c2cccc(C(C)(c3ccccc3C)c3cc(C)c(C)c[n+]3C)c2C)[n+](C)cc1C. The van der Waals surface area contributed by atoms with E-state index in [0.717, 1.165) is 0 Å². The largest absolute Gasteiger partial charge is 0.212 e. The van der Waals surface area contributed by atoms with Crippen molar-refractivity contribution in [2.24, 2.45) is 14.1 Å². The summed E-state index contributed by atoms with van der Waals surface area (Å²) in [6, 6.07) is 20.4. The van der Waals surface area contributed by atoms with Crippen LogP contribution in [0.15, 0.2) is 67.0 Å². The number of rotatable bonds is 4. The van der Waals surface area contributed by atoms with Gasteiger partial charge in [-0.25, -0.2) is 9.13 Å². The quantitative estimate of drug-likeness (QED) is 0.327. The second-order valence-corrected chi connectivity index (χ2v) is 10.2. The molecule has 0 aliphatic carbocycles. The molecule has 2 heterocycles. The van der Waals surface area contributed by atoms with Crippen LogP contribution in [0.2, 0.25) is 0 Å². The summed E-state index contributed by atoms with van der Waals surface area (Å²) in [6.07, 6.45) is 4.50. The van der Waals surface area contributed by atoms with Crippen LogP contribution in [0.3, 0.4) is 0 Å². The number of nitrogens with zero attached hydrogens (tertiary/aromatic N) is 2. The Hall–Kier alpha value is -3.26. The summed E-state index contributed by atoms with van der Waals surface area (Å²) in [5.74, 6) is 0. The number of benzene rings is 2. The molecule has 2 nitrogen and oxygen atoms in total. The Kier molecular flexibility index (Phi) is 6.20. The smallest absolute Gasteiger partial charge is 0.204 e. The number of aryl methyl sites for hydroxylation is 7. The van der Waals surface area contributed by atoms with E-state index in [4.69, 9.17) is 0 Å². The first-order valence-electron chi connectivity index (χ1n) is 12.2. The summed E-state index contributed by atoms with van der Waals surface area (Å²) >= 11 is 0. The van der Waals surface area contributed by atoms with Gasteiger partial charge in [-0.3, -0.25) is 0 Å². The first-order valence-corrected chi connectivity index (χ1v) is 12.2. The van der Waals surface area contributed by atoms with Gasteiger partial charge < -0.3 is 0 Å². The second-order valence-electron chi connectivity index (χ2n) is 10.2. The van der Waals surface area contributed by atoms with E-state index in [-0.39, 0.29) is 5.41 Å². The Morgan fingerprint density at radius 3 is 1.85 bits per heavy atom. The molecule has 4 rings (SSSR count). The van der Waals surface area contributed by atoms with Gasteiger partial charge in [-0.05, 0) is 87.9 Å². The fourth-order valence-electron chi connectivity index (χ4n) is 5.54. The molecule has 0 saturated carbocycles. The van der Waals surface area contributed by atoms with Crippen molar-refractivity contribution in [3.05, 3.63) is 117 Å². The molecular weight excluding hydrogens is 412 g/mol. The molecule has 0 spiro atoms. The monoisotopic (exact) mass is 450 g/mol. The van der Waals surface area contributed by atoms with Crippen LogP contribution >= 0.6 is 0 Å². The standard InChI is InChI=1S/C32H38N2/c1-21-13-10-11-15-28(21)32(7,31-18-23(3)25(5)20-34(31)9)29-16-12-14-27(26(29)6)30-17-22(2)24(4)19-33(30)8/h10-20H,1-9H3/q+2. The van der Waals surface area contributed by atoms with Gasteiger partial charge in [0.25, 0.3) is 0 Å². The average Bonchev–Trinajstić information content (AvgIpc) is 2.79. The van der Waals surface area contributed by atoms with Crippen LogP contribution in [0, 0.1) is 41.5 Å². The molecule has 0 fully saturated rings. The molecule has 0 saturated heterocycles. The van der Waals surface area contributed by atoms with Gasteiger partial charge in [0.2, 0.25) is 5.69 Å². The third-order valence-corrected chi connectivity index (χ3v) is 7.83. The van der Waals surface area contributed by atoms with Gasteiger partial charge in [-0.15, -0.1) is 0 Å². The molecule has 0 bridgehead atoms. The first kappa shape index (κ1) is 23.9. The van der Waals surface area contributed by atoms with Crippen molar-refractivity contribution in [3.63, 3.8) is 0 Å². The van der Waals surface area contributed by atoms with E-state index in [9.17, 15) is 0 Å². The van der Waals surface area contributed by atoms with Crippen LogP contribution in [-0.4, -0.2) is 0 Å². The molecule has 0 amide bonds.